The van der Waals surface area contributed by atoms with Crippen LogP contribution in [0.25, 0.3) is 0 Å². The first-order valence-electron chi connectivity index (χ1n) is 4.33. The number of methoxy groups -OCH3 is 1. The fourth-order valence-electron chi connectivity index (χ4n) is 0.748. The van der Waals surface area contributed by atoms with E-state index >= 15 is 0 Å². The molecular formula is C10H17NO3. The lowest BCUT2D eigenvalue weighted by Crippen LogP contribution is -2.40. The van der Waals surface area contributed by atoms with Crippen molar-refractivity contribution in [2.45, 2.75) is 32.4 Å². The molecule has 1 N–H and O–H groups in total. The molecule has 4 heteroatoms. The van der Waals surface area contributed by atoms with Crippen LogP contribution < -0.4 is 5.32 Å². The van der Waals surface area contributed by atoms with Crippen molar-refractivity contribution in [1.29, 1.82) is 0 Å². The zero-order chi connectivity index (χ0) is 11.2. The lowest BCUT2D eigenvalue weighted by atomic mass is 10.2. The van der Waals surface area contributed by atoms with E-state index < -0.39 is 17.7 Å². The third kappa shape index (κ3) is 6.32. The van der Waals surface area contributed by atoms with Crippen LogP contribution in [0.3, 0.4) is 0 Å². The minimum absolute atomic E-state index is 0.274. The highest BCUT2D eigenvalue weighted by Gasteiger charge is 2.18. The summed E-state index contributed by atoms with van der Waals surface area (Å²) in [5.41, 5.74) is -0.518. The lowest BCUT2D eigenvalue weighted by Gasteiger charge is -2.21. The van der Waals surface area contributed by atoms with E-state index in [-0.39, 0.29) is 6.61 Å². The number of hydrogen-bond acceptors (Lipinski definition) is 3. The van der Waals surface area contributed by atoms with Gasteiger partial charge in [-0.1, -0.05) is 5.92 Å². The highest BCUT2D eigenvalue weighted by molar-refractivity contribution is 5.68. The van der Waals surface area contributed by atoms with Crippen molar-refractivity contribution in [2.75, 3.05) is 13.7 Å². The molecule has 0 bridgehead atoms. The summed E-state index contributed by atoms with van der Waals surface area (Å²) in [4.78, 5) is 11.2. The Balaban J connectivity index is 3.99. The van der Waals surface area contributed by atoms with Crippen molar-refractivity contribution >= 4 is 6.09 Å². The highest BCUT2D eigenvalue weighted by Crippen LogP contribution is 2.06. The molecule has 0 aliphatic rings. The summed E-state index contributed by atoms with van der Waals surface area (Å²) in [6, 6.07) is -0.449. The fraction of sp³-hybridized carbons (Fsp3) is 0.700. The maximum Gasteiger partial charge on any atom is 0.408 e. The molecule has 0 aromatic rings. The Kier molecular flexibility index (Phi) is 5.03. The van der Waals surface area contributed by atoms with Crippen LogP contribution in [0.5, 0.6) is 0 Å². The molecule has 14 heavy (non-hydrogen) atoms. The maximum atomic E-state index is 11.2. The van der Waals surface area contributed by atoms with Gasteiger partial charge in [0.15, 0.2) is 0 Å². The number of ether oxygens (including phenoxy) is 2. The molecule has 0 spiro atoms. The number of amides is 1. The van der Waals surface area contributed by atoms with Gasteiger partial charge in [0.05, 0.1) is 6.61 Å². The van der Waals surface area contributed by atoms with E-state index in [1.807, 2.05) is 0 Å². The molecular weight excluding hydrogens is 182 g/mol. The molecule has 80 valence electrons. The molecule has 0 aliphatic heterocycles. The van der Waals surface area contributed by atoms with Gasteiger partial charge in [-0.3, -0.25) is 0 Å². The van der Waals surface area contributed by atoms with Gasteiger partial charge in [-0.15, -0.1) is 6.42 Å². The number of carbonyl (C=O) groups excluding carboxylic acids is 1. The molecule has 0 aromatic carbocycles. The summed E-state index contributed by atoms with van der Waals surface area (Å²) in [6.07, 6.45) is 4.64. The average molecular weight is 199 g/mol. The zero-order valence-electron chi connectivity index (χ0n) is 9.09. The average Bonchev–Trinajstić information content (AvgIpc) is 2.00. The summed E-state index contributed by atoms with van der Waals surface area (Å²) in [5, 5.41) is 2.50. The predicted molar refractivity (Wildman–Crippen MR) is 53.9 cm³/mol. The monoisotopic (exact) mass is 199 g/mol. The molecule has 0 aromatic heterocycles. The molecule has 0 saturated carbocycles. The van der Waals surface area contributed by atoms with E-state index in [1.165, 1.54) is 7.11 Å². The second-order valence-corrected chi connectivity index (χ2v) is 3.82. The Labute approximate surface area is 85.0 Å². The summed E-state index contributed by atoms with van der Waals surface area (Å²) in [5.74, 6) is 2.38. The molecule has 0 aliphatic carbocycles. The van der Waals surface area contributed by atoms with Gasteiger partial charge in [-0.2, -0.15) is 0 Å². The number of nitrogens with one attached hydrogen (secondary N) is 1. The van der Waals surface area contributed by atoms with Gasteiger partial charge in [-0.25, -0.2) is 4.79 Å². The predicted octanol–water partition coefficient (Wildman–Crippen LogP) is 1.16. The standard InChI is InChI=1S/C10H17NO3/c1-6-8(7-13-5)11-9(12)14-10(2,3)4/h1,8H,7H2,2-5H3,(H,11,12). The van der Waals surface area contributed by atoms with Crippen molar-refractivity contribution in [3.05, 3.63) is 0 Å². The molecule has 0 rings (SSSR count). The normalized spacial score (nSPS) is 12.8. The van der Waals surface area contributed by atoms with Crippen LogP contribution in [0.15, 0.2) is 0 Å². The molecule has 1 amide bonds. The number of rotatable bonds is 3. The lowest BCUT2D eigenvalue weighted by molar-refractivity contribution is 0.0491. The third-order valence-electron chi connectivity index (χ3n) is 1.23. The highest BCUT2D eigenvalue weighted by atomic mass is 16.6. The van der Waals surface area contributed by atoms with Crippen molar-refractivity contribution in [2.24, 2.45) is 0 Å². The van der Waals surface area contributed by atoms with Crippen LogP contribution in [0.4, 0.5) is 4.79 Å². The Morgan fingerprint density at radius 3 is 2.50 bits per heavy atom. The van der Waals surface area contributed by atoms with E-state index in [0.717, 1.165) is 0 Å². The fourth-order valence-corrected chi connectivity index (χ4v) is 0.748. The SMILES string of the molecule is C#CC(COC)NC(=O)OC(C)(C)C. The second-order valence-electron chi connectivity index (χ2n) is 3.82. The minimum atomic E-state index is -0.530. The van der Waals surface area contributed by atoms with Crippen LogP contribution in [0, 0.1) is 12.3 Å². The Bertz CT molecular complexity index is 225. The topological polar surface area (TPSA) is 47.6 Å². The smallest absolute Gasteiger partial charge is 0.408 e. The number of terminal acetylenes is 1. The minimum Gasteiger partial charge on any atom is -0.444 e. The molecule has 1 atom stereocenters. The third-order valence-corrected chi connectivity index (χ3v) is 1.23. The van der Waals surface area contributed by atoms with E-state index in [0.29, 0.717) is 0 Å². The van der Waals surface area contributed by atoms with Crippen molar-refractivity contribution < 1.29 is 14.3 Å². The van der Waals surface area contributed by atoms with E-state index in [9.17, 15) is 4.79 Å². The Hall–Kier alpha value is -1.21. The van der Waals surface area contributed by atoms with Gasteiger partial charge in [-0.05, 0) is 20.8 Å². The van der Waals surface area contributed by atoms with Gasteiger partial charge >= 0.3 is 6.09 Å². The van der Waals surface area contributed by atoms with Gasteiger partial charge in [0, 0.05) is 7.11 Å². The van der Waals surface area contributed by atoms with Crippen LogP contribution in [-0.2, 0) is 9.47 Å². The van der Waals surface area contributed by atoms with Crippen molar-refractivity contribution in [3.8, 4) is 12.3 Å². The van der Waals surface area contributed by atoms with Gasteiger partial charge in [0.25, 0.3) is 0 Å². The van der Waals surface area contributed by atoms with Gasteiger partial charge in [0.2, 0.25) is 0 Å². The number of carbonyl (C=O) groups is 1. The maximum absolute atomic E-state index is 11.2. The first-order valence-corrected chi connectivity index (χ1v) is 4.33. The van der Waals surface area contributed by atoms with Crippen molar-refractivity contribution in [3.63, 3.8) is 0 Å². The summed E-state index contributed by atoms with van der Waals surface area (Å²) in [7, 11) is 1.51. The van der Waals surface area contributed by atoms with E-state index in [2.05, 4.69) is 11.2 Å². The van der Waals surface area contributed by atoms with Gasteiger partial charge in [0.1, 0.15) is 11.6 Å². The number of alkyl carbamates (subject to hydrolysis) is 1. The van der Waals surface area contributed by atoms with Crippen LogP contribution in [0.1, 0.15) is 20.8 Å². The summed E-state index contributed by atoms with van der Waals surface area (Å²) < 4.78 is 9.83. The zero-order valence-corrected chi connectivity index (χ0v) is 9.09. The number of hydrogen-bond donors (Lipinski definition) is 1. The molecule has 0 radical (unpaired) electrons. The second kappa shape index (κ2) is 5.51. The van der Waals surface area contributed by atoms with E-state index in [4.69, 9.17) is 15.9 Å². The first-order chi connectivity index (χ1) is 6.39. The van der Waals surface area contributed by atoms with E-state index in [1.54, 1.807) is 20.8 Å². The molecule has 0 fully saturated rings. The quantitative estimate of drug-likeness (QED) is 0.694. The molecule has 0 heterocycles. The van der Waals surface area contributed by atoms with Crippen LogP contribution in [-0.4, -0.2) is 31.5 Å². The summed E-state index contributed by atoms with van der Waals surface area (Å²) >= 11 is 0. The Morgan fingerprint density at radius 1 is 1.57 bits per heavy atom. The molecule has 1 unspecified atom stereocenters. The van der Waals surface area contributed by atoms with Gasteiger partial charge < -0.3 is 14.8 Å². The molecule has 4 nitrogen and oxygen atoms in total. The molecule has 0 saturated heterocycles. The largest absolute Gasteiger partial charge is 0.444 e. The summed E-state index contributed by atoms with van der Waals surface area (Å²) in [6.45, 7) is 5.63. The first kappa shape index (κ1) is 12.8. The van der Waals surface area contributed by atoms with Crippen LogP contribution in [0.2, 0.25) is 0 Å². The Morgan fingerprint density at radius 2 is 2.14 bits per heavy atom. The van der Waals surface area contributed by atoms with Crippen LogP contribution >= 0.6 is 0 Å². The van der Waals surface area contributed by atoms with Crippen molar-refractivity contribution in [1.82, 2.24) is 5.32 Å².